The lowest BCUT2D eigenvalue weighted by Gasteiger charge is -2.38. The molecule has 0 spiro atoms. The summed E-state index contributed by atoms with van der Waals surface area (Å²) in [5.74, 6) is 0.276. The van der Waals surface area contributed by atoms with Crippen LogP contribution in [0, 0.1) is 5.92 Å². The molecule has 0 aromatic heterocycles. The first-order chi connectivity index (χ1) is 6.10. The maximum atomic E-state index is 10.4. The van der Waals surface area contributed by atoms with Gasteiger partial charge in [0.2, 0.25) is 0 Å². The minimum atomic E-state index is -0.439. The van der Waals surface area contributed by atoms with E-state index in [1.54, 1.807) is 0 Å². The molecule has 0 aromatic carbocycles. The van der Waals surface area contributed by atoms with Gasteiger partial charge in [-0.15, -0.1) is 0 Å². The highest BCUT2D eigenvalue weighted by molar-refractivity contribution is 5.06. The van der Waals surface area contributed by atoms with E-state index in [1.165, 1.54) is 24.8 Å². The molecule has 0 heterocycles. The van der Waals surface area contributed by atoms with E-state index in [2.05, 4.69) is 20.4 Å². The lowest BCUT2D eigenvalue weighted by Crippen LogP contribution is -2.39. The third-order valence-electron chi connectivity index (χ3n) is 3.59. The highest BCUT2D eigenvalue weighted by atomic mass is 16.3. The molecule has 1 N–H and O–H groups in total. The number of rotatable bonds is 3. The zero-order chi connectivity index (χ0) is 9.90. The molecule has 1 heteroatoms. The second kappa shape index (κ2) is 4.28. The summed E-state index contributed by atoms with van der Waals surface area (Å²) in [6.45, 7) is 8.27. The molecule has 1 aliphatic carbocycles. The van der Waals surface area contributed by atoms with E-state index in [-0.39, 0.29) is 5.92 Å². The Morgan fingerprint density at radius 1 is 1.38 bits per heavy atom. The summed E-state index contributed by atoms with van der Waals surface area (Å²) in [7, 11) is 0. The second-order valence-electron chi connectivity index (χ2n) is 4.40. The van der Waals surface area contributed by atoms with Gasteiger partial charge >= 0.3 is 0 Å². The molecule has 1 aliphatic rings. The number of hydrogen-bond donors (Lipinski definition) is 1. The maximum absolute atomic E-state index is 10.4. The summed E-state index contributed by atoms with van der Waals surface area (Å²) in [4.78, 5) is 0. The second-order valence-corrected chi connectivity index (χ2v) is 4.40. The highest BCUT2D eigenvalue weighted by Crippen LogP contribution is 2.37. The molecule has 0 amide bonds. The van der Waals surface area contributed by atoms with Crippen molar-refractivity contribution in [1.82, 2.24) is 0 Å². The van der Waals surface area contributed by atoms with Crippen LogP contribution in [0.1, 0.15) is 52.4 Å². The highest BCUT2D eigenvalue weighted by Gasteiger charge is 2.35. The first kappa shape index (κ1) is 10.8. The number of hydrogen-bond acceptors (Lipinski definition) is 1. The van der Waals surface area contributed by atoms with E-state index in [0.717, 1.165) is 19.3 Å². The third-order valence-corrected chi connectivity index (χ3v) is 3.59. The molecule has 0 saturated heterocycles. The molecule has 0 aromatic rings. The van der Waals surface area contributed by atoms with Crippen molar-refractivity contribution in [3.8, 4) is 0 Å². The molecule has 1 saturated carbocycles. The SMILES string of the molecule is C=C(CC)C(C)C1(O)CCCCC1. The predicted molar refractivity (Wildman–Crippen MR) is 56.6 cm³/mol. The Kier molecular flexibility index (Phi) is 3.55. The van der Waals surface area contributed by atoms with Gasteiger partial charge in [0, 0.05) is 5.92 Å². The van der Waals surface area contributed by atoms with Crippen molar-refractivity contribution in [3.63, 3.8) is 0 Å². The average molecular weight is 182 g/mol. The monoisotopic (exact) mass is 182 g/mol. The van der Waals surface area contributed by atoms with E-state index in [9.17, 15) is 5.11 Å². The van der Waals surface area contributed by atoms with Crippen molar-refractivity contribution in [2.24, 2.45) is 5.92 Å². The summed E-state index contributed by atoms with van der Waals surface area (Å²) >= 11 is 0. The first-order valence-corrected chi connectivity index (χ1v) is 5.50. The molecular formula is C12H22O. The van der Waals surface area contributed by atoms with E-state index < -0.39 is 5.60 Å². The van der Waals surface area contributed by atoms with Crippen LogP contribution in [0.4, 0.5) is 0 Å². The Morgan fingerprint density at radius 2 is 1.92 bits per heavy atom. The largest absolute Gasteiger partial charge is 0.389 e. The van der Waals surface area contributed by atoms with Gasteiger partial charge in [0.25, 0.3) is 0 Å². The Morgan fingerprint density at radius 3 is 2.38 bits per heavy atom. The van der Waals surface area contributed by atoms with E-state index in [1.807, 2.05) is 0 Å². The zero-order valence-electron chi connectivity index (χ0n) is 8.97. The number of aliphatic hydroxyl groups is 1. The summed E-state index contributed by atoms with van der Waals surface area (Å²) in [6, 6.07) is 0. The molecule has 0 radical (unpaired) electrons. The summed E-state index contributed by atoms with van der Waals surface area (Å²) in [5, 5.41) is 10.4. The molecule has 0 aliphatic heterocycles. The first-order valence-electron chi connectivity index (χ1n) is 5.50. The minimum Gasteiger partial charge on any atom is -0.389 e. The Labute approximate surface area is 81.9 Å². The Bertz CT molecular complexity index is 178. The zero-order valence-corrected chi connectivity index (χ0v) is 8.97. The van der Waals surface area contributed by atoms with Crippen LogP contribution < -0.4 is 0 Å². The molecule has 1 fully saturated rings. The fourth-order valence-corrected chi connectivity index (χ4v) is 2.28. The molecule has 1 unspecified atom stereocenters. The van der Waals surface area contributed by atoms with Crippen LogP contribution in [-0.2, 0) is 0 Å². The van der Waals surface area contributed by atoms with Crippen molar-refractivity contribution in [2.75, 3.05) is 0 Å². The van der Waals surface area contributed by atoms with Crippen molar-refractivity contribution >= 4 is 0 Å². The van der Waals surface area contributed by atoms with Gasteiger partial charge in [0.15, 0.2) is 0 Å². The topological polar surface area (TPSA) is 20.2 Å². The van der Waals surface area contributed by atoms with Gasteiger partial charge in [-0.3, -0.25) is 0 Å². The normalized spacial score (nSPS) is 23.9. The lowest BCUT2D eigenvalue weighted by atomic mass is 9.73. The predicted octanol–water partition coefficient (Wildman–Crippen LogP) is 3.28. The standard InChI is InChI=1S/C12H22O/c1-4-10(2)11(3)12(13)8-6-5-7-9-12/h11,13H,2,4-9H2,1,3H3. The van der Waals surface area contributed by atoms with Crippen LogP contribution >= 0.6 is 0 Å². The van der Waals surface area contributed by atoms with Crippen molar-refractivity contribution in [3.05, 3.63) is 12.2 Å². The van der Waals surface area contributed by atoms with Crippen LogP contribution in [0.15, 0.2) is 12.2 Å². The van der Waals surface area contributed by atoms with Gasteiger partial charge in [-0.2, -0.15) is 0 Å². The van der Waals surface area contributed by atoms with E-state index in [4.69, 9.17) is 0 Å². The van der Waals surface area contributed by atoms with Gasteiger partial charge in [0.1, 0.15) is 0 Å². The molecule has 1 atom stereocenters. The fraction of sp³-hybridized carbons (Fsp3) is 0.833. The Balaban J connectivity index is 2.61. The summed E-state index contributed by atoms with van der Waals surface area (Å²) in [5.41, 5.74) is 0.759. The average Bonchev–Trinajstić information content (AvgIpc) is 2.16. The van der Waals surface area contributed by atoms with Gasteiger partial charge in [-0.05, 0) is 19.3 Å². The lowest BCUT2D eigenvalue weighted by molar-refractivity contribution is -0.0315. The van der Waals surface area contributed by atoms with Crippen LogP contribution in [-0.4, -0.2) is 10.7 Å². The molecular weight excluding hydrogens is 160 g/mol. The van der Waals surface area contributed by atoms with Gasteiger partial charge < -0.3 is 5.11 Å². The van der Waals surface area contributed by atoms with Crippen LogP contribution in [0.25, 0.3) is 0 Å². The van der Waals surface area contributed by atoms with E-state index >= 15 is 0 Å². The summed E-state index contributed by atoms with van der Waals surface area (Å²) < 4.78 is 0. The smallest absolute Gasteiger partial charge is 0.0710 e. The van der Waals surface area contributed by atoms with Gasteiger partial charge in [0.05, 0.1) is 5.60 Å². The van der Waals surface area contributed by atoms with Gasteiger partial charge in [-0.1, -0.05) is 45.3 Å². The molecule has 76 valence electrons. The Hall–Kier alpha value is -0.300. The molecule has 0 bridgehead atoms. The quantitative estimate of drug-likeness (QED) is 0.664. The molecule has 1 rings (SSSR count). The van der Waals surface area contributed by atoms with Crippen molar-refractivity contribution in [2.45, 2.75) is 58.0 Å². The minimum absolute atomic E-state index is 0.276. The van der Waals surface area contributed by atoms with Crippen LogP contribution in [0.3, 0.4) is 0 Å². The summed E-state index contributed by atoms with van der Waals surface area (Å²) in [6.07, 6.45) is 6.56. The molecule has 13 heavy (non-hydrogen) atoms. The molecule has 1 nitrogen and oxygen atoms in total. The third kappa shape index (κ3) is 2.34. The fourth-order valence-electron chi connectivity index (χ4n) is 2.28. The van der Waals surface area contributed by atoms with Crippen LogP contribution in [0.5, 0.6) is 0 Å². The van der Waals surface area contributed by atoms with Crippen molar-refractivity contribution < 1.29 is 5.11 Å². The maximum Gasteiger partial charge on any atom is 0.0710 e. The van der Waals surface area contributed by atoms with Gasteiger partial charge in [-0.25, -0.2) is 0 Å². The van der Waals surface area contributed by atoms with E-state index in [0.29, 0.717) is 0 Å². The van der Waals surface area contributed by atoms with Crippen molar-refractivity contribution in [1.29, 1.82) is 0 Å². The van der Waals surface area contributed by atoms with Crippen LogP contribution in [0.2, 0.25) is 0 Å².